The smallest absolute Gasteiger partial charge is 0.228 e. The summed E-state index contributed by atoms with van der Waals surface area (Å²) in [7, 11) is 0. The number of aromatic nitrogens is 2. The summed E-state index contributed by atoms with van der Waals surface area (Å²) >= 11 is 0. The Balaban J connectivity index is 2.11. The minimum atomic E-state index is -0.156. The van der Waals surface area contributed by atoms with Crippen LogP contribution in [0.3, 0.4) is 0 Å². The minimum Gasteiger partial charge on any atom is -0.356 e. The Morgan fingerprint density at radius 2 is 2.05 bits per heavy atom. The average Bonchev–Trinajstić information content (AvgIpc) is 2.77. The molecule has 0 spiro atoms. The quantitative estimate of drug-likeness (QED) is 0.852. The highest BCUT2D eigenvalue weighted by molar-refractivity contribution is 5.91. The normalized spacial score (nSPS) is 10.6. The van der Waals surface area contributed by atoms with Crippen LogP contribution >= 0.6 is 0 Å². The Labute approximate surface area is 123 Å². The molecule has 2 N–H and O–H groups in total. The summed E-state index contributed by atoms with van der Waals surface area (Å²) in [4.78, 5) is 27.2. The number of carbonyl (C=O) groups excluding carboxylic acids is 2. The van der Waals surface area contributed by atoms with Crippen molar-refractivity contribution in [2.75, 3.05) is 11.9 Å². The highest BCUT2D eigenvalue weighted by atomic mass is 16.2. The lowest BCUT2D eigenvalue weighted by atomic mass is 10.3. The molecular formula is C15H20N4O2. The second-order valence-electron chi connectivity index (χ2n) is 4.86. The van der Waals surface area contributed by atoms with Crippen LogP contribution in [0.15, 0.2) is 24.3 Å². The monoisotopic (exact) mass is 288 g/mol. The summed E-state index contributed by atoms with van der Waals surface area (Å²) in [5.74, 6) is 0.267. The van der Waals surface area contributed by atoms with Crippen LogP contribution in [0.5, 0.6) is 0 Å². The fourth-order valence-electron chi connectivity index (χ4n) is 2.16. The second-order valence-corrected chi connectivity index (χ2v) is 4.86. The Morgan fingerprint density at radius 1 is 1.29 bits per heavy atom. The van der Waals surface area contributed by atoms with Crippen LogP contribution in [-0.2, 0) is 16.1 Å². The van der Waals surface area contributed by atoms with E-state index in [0.29, 0.717) is 12.5 Å². The average molecular weight is 288 g/mol. The minimum absolute atomic E-state index is 0.138. The van der Waals surface area contributed by atoms with Crippen molar-refractivity contribution in [2.24, 2.45) is 0 Å². The van der Waals surface area contributed by atoms with Gasteiger partial charge in [0.25, 0.3) is 0 Å². The highest BCUT2D eigenvalue weighted by Gasteiger charge is 2.12. The fraction of sp³-hybridized carbons (Fsp3) is 0.400. The van der Waals surface area contributed by atoms with Gasteiger partial charge in [-0.1, -0.05) is 19.1 Å². The van der Waals surface area contributed by atoms with Crippen LogP contribution in [0.1, 0.15) is 26.7 Å². The van der Waals surface area contributed by atoms with Crippen LogP contribution < -0.4 is 10.6 Å². The summed E-state index contributed by atoms with van der Waals surface area (Å²) < 4.78 is 2.01. The van der Waals surface area contributed by atoms with Crippen molar-refractivity contribution in [2.45, 2.75) is 33.2 Å². The van der Waals surface area contributed by atoms with Gasteiger partial charge >= 0.3 is 0 Å². The zero-order chi connectivity index (χ0) is 15.2. The number of fused-ring (bicyclic) bond motifs is 1. The van der Waals surface area contributed by atoms with Gasteiger partial charge in [-0.3, -0.25) is 14.9 Å². The molecular weight excluding hydrogens is 268 g/mol. The number of carbonyl (C=O) groups is 2. The van der Waals surface area contributed by atoms with Crippen LogP contribution in [0.4, 0.5) is 5.95 Å². The van der Waals surface area contributed by atoms with E-state index in [1.807, 2.05) is 28.8 Å². The van der Waals surface area contributed by atoms with Gasteiger partial charge in [-0.05, 0) is 18.6 Å². The molecule has 6 heteroatoms. The number of anilines is 1. The van der Waals surface area contributed by atoms with E-state index in [0.717, 1.165) is 24.0 Å². The predicted molar refractivity (Wildman–Crippen MR) is 82.0 cm³/mol. The van der Waals surface area contributed by atoms with Gasteiger partial charge in [-0.25, -0.2) is 4.98 Å². The summed E-state index contributed by atoms with van der Waals surface area (Å²) in [6, 6.07) is 7.80. The van der Waals surface area contributed by atoms with Gasteiger partial charge in [-0.2, -0.15) is 0 Å². The lowest BCUT2D eigenvalue weighted by molar-refractivity contribution is -0.119. The van der Waals surface area contributed by atoms with E-state index in [-0.39, 0.29) is 18.2 Å². The molecule has 0 saturated heterocycles. The van der Waals surface area contributed by atoms with Gasteiger partial charge in [0.2, 0.25) is 17.8 Å². The summed E-state index contributed by atoms with van der Waals surface area (Å²) in [5.41, 5.74) is 1.87. The van der Waals surface area contributed by atoms with E-state index in [4.69, 9.17) is 0 Å². The van der Waals surface area contributed by atoms with E-state index in [2.05, 4.69) is 22.5 Å². The molecule has 0 atom stereocenters. The van der Waals surface area contributed by atoms with Crippen molar-refractivity contribution >= 4 is 28.8 Å². The number of hydrogen-bond acceptors (Lipinski definition) is 3. The van der Waals surface area contributed by atoms with Crippen LogP contribution in [0, 0.1) is 0 Å². The number of nitrogens with one attached hydrogen (secondary N) is 2. The molecule has 2 aromatic rings. The Bertz CT molecular complexity index is 648. The van der Waals surface area contributed by atoms with Crippen molar-refractivity contribution in [3.8, 4) is 0 Å². The van der Waals surface area contributed by atoms with Gasteiger partial charge in [0.15, 0.2) is 0 Å². The van der Waals surface area contributed by atoms with Crippen LogP contribution in [-0.4, -0.2) is 27.9 Å². The maximum absolute atomic E-state index is 11.9. The molecule has 1 aromatic carbocycles. The zero-order valence-electron chi connectivity index (χ0n) is 12.3. The third-order valence-corrected chi connectivity index (χ3v) is 3.08. The molecule has 0 radical (unpaired) electrons. The van der Waals surface area contributed by atoms with Gasteiger partial charge in [-0.15, -0.1) is 0 Å². The van der Waals surface area contributed by atoms with Gasteiger partial charge in [0, 0.05) is 26.4 Å². The van der Waals surface area contributed by atoms with Gasteiger partial charge < -0.3 is 9.88 Å². The number of nitrogens with zero attached hydrogens (tertiary/aromatic N) is 2. The fourth-order valence-corrected chi connectivity index (χ4v) is 2.16. The summed E-state index contributed by atoms with van der Waals surface area (Å²) in [6.07, 6.45) is 1.18. The van der Waals surface area contributed by atoms with Crippen molar-refractivity contribution in [1.82, 2.24) is 14.9 Å². The molecule has 21 heavy (non-hydrogen) atoms. The van der Waals surface area contributed by atoms with Gasteiger partial charge in [0.1, 0.15) is 0 Å². The molecule has 0 bridgehead atoms. The molecule has 1 aromatic heterocycles. The lowest BCUT2D eigenvalue weighted by Gasteiger charge is -2.09. The molecule has 6 nitrogen and oxygen atoms in total. The van der Waals surface area contributed by atoms with Crippen molar-refractivity contribution < 1.29 is 9.59 Å². The largest absolute Gasteiger partial charge is 0.356 e. The molecule has 1 heterocycles. The third kappa shape index (κ3) is 3.81. The summed E-state index contributed by atoms with van der Waals surface area (Å²) in [6.45, 7) is 4.63. The number of imidazole rings is 1. The first-order chi connectivity index (χ1) is 10.1. The first kappa shape index (κ1) is 15.0. The van der Waals surface area contributed by atoms with Crippen LogP contribution in [0.25, 0.3) is 11.0 Å². The zero-order valence-corrected chi connectivity index (χ0v) is 12.3. The second kappa shape index (κ2) is 6.88. The number of para-hydroxylation sites is 2. The molecule has 0 fully saturated rings. The van der Waals surface area contributed by atoms with Gasteiger partial charge in [0.05, 0.1) is 11.0 Å². The first-order valence-electron chi connectivity index (χ1n) is 7.11. The third-order valence-electron chi connectivity index (χ3n) is 3.08. The van der Waals surface area contributed by atoms with Crippen LogP contribution in [0.2, 0.25) is 0 Å². The standard InChI is InChI=1S/C15H20N4O2/c1-3-10-19-13-7-5-4-6-12(13)17-15(19)18-14(21)8-9-16-11(2)20/h4-7H,3,8-10H2,1-2H3,(H,16,20)(H,17,18,21). The molecule has 0 aliphatic heterocycles. The molecule has 2 rings (SSSR count). The van der Waals surface area contributed by atoms with Crippen molar-refractivity contribution in [3.63, 3.8) is 0 Å². The topological polar surface area (TPSA) is 76.0 Å². The van der Waals surface area contributed by atoms with E-state index >= 15 is 0 Å². The molecule has 0 aliphatic carbocycles. The molecule has 0 saturated carbocycles. The van der Waals surface area contributed by atoms with E-state index in [9.17, 15) is 9.59 Å². The summed E-state index contributed by atoms with van der Waals surface area (Å²) in [5, 5.41) is 5.42. The maximum atomic E-state index is 11.9. The first-order valence-corrected chi connectivity index (χ1v) is 7.11. The van der Waals surface area contributed by atoms with Crippen molar-refractivity contribution in [3.05, 3.63) is 24.3 Å². The Kier molecular flexibility index (Phi) is 4.92. The molecule has 0 unspecified atom stereocenters. The Morgan fingerprint density at radius 3 is 2.76 bits per heavy atom. The lowest BCUT2D eigenvalue weighted by Crippen LogP contribution is -2.26. The van der Waals surface area contributed by atoms with E-state index in [1.54, 1.807) is 0 Å². The maximum Gasteiger partial charge on any atom is 0.228 e. The molecule has 112 valence electrons. The number of hydrogen-bond donors (Lipinski definition) is 2. The number of benzene rings is 1. The van der Waals surface area contributed by atoms with E-state index < -0.39 is 0 Å². The molecule has 0 aliphatic rings. The molecule has 2 amide bonds. The predicted octanol–water partition coefficient (Wildman–Crippen LogP) is 1.91. The number of aryl methyl sites for hydroxylation is 1. The van der Waals surface area contributed by atoms with Crippen molar-refractivity contribution in [1.29, 1.82) is 0 Å². The highest BCUT2D eigenvalue weighted by Crippen LogP contribution is 2.20. The Hall–Kier alpha value is -2.37. The number of rotatable bonds is 6. The SMILES string of the molecule is CCCn1c(NC(=O)CCNC(C)=O)nc2ccccc21. The number of amides is 2. The van der Waals surface area contributed by atoms with E-state index in [1.165, 1.54) is 6.92 Å².